The van der Waals surface area contributed by atoms with Crippen LogP contribution in [0.25, 0.3) is 0 Å². The number of aliphatic hydroxyl groups is 1. The van der Waals surface area contributed by atoms with Crippen LogP contribution in [0, 0.1) is 12.3 Å². The lowest BCUT2D eigenvalue weighted by molar-refractivity contribution is 0.217. The molecule has 0 bridgehead atoms. The monoisotopic (exact) mass is 424 g/mol. The highest BCUT2D eigenvalue weighted by molar-refractivity contribution is 14.0. The SMILES string of the molecule is CCNC(=NCC1(CO)CC1)NCCc1ncc(C)s1.I. The molecule has 7 heteroatoms. The topological polar surface area (TPSA) is 69.5 Å². The summed E-state index contributed by atoms with van der Waals surface area (Å²) in [6, 6.07) is 0. The van der Waals surface area contributed by atoms with E-state index in [9.17, 15) is 5.11 Å². The molecule has 21 heavy (non-hydrogen) atoms. The van der Waals surface area contributed by atoms with E-state index in [0.717, 1.165) is 43.3 Å². The van der Waals surface area contributed by atoms with Crippen LogP contribution >= 0.6 is 35.3 Å². The van der Waals surface area contributed by atoms with E-state index in [0.29, 0.717) is 6.54 Å². The third-order valence-corrected chi connectivity index (χ3v) is 4.48. The third-order valence-electron chi connectivity index (χ3n) is 3.51. The summed E-state index contributed by atoms with van der Waals surface area (Å²) in [7, 11) is 0. The Balaban J connectivity index is 0.00000220. The van der Waals surface area contributed by atoms with Gasteiger partial charge in [0.05, 0.1) is 18.2 Å². The second-order valence-electron chi connectivity index (χ2n) is 5.39. The number of aliphatic hydroxyl groups excluding tert-OH is 1. The van der Waals surface area contributed by atoms with Crippen molar-refractivity contribution in [2.45, 2.75) is 33.1 Å². The lowest BCUT2D eigenvalue weighted by Crippen LogP contribution is -2.38. The molecule has 3 N–H and O–H groups in total. The average molecular weight is 424 g/mol. The summed E-state index contributed by atoms with van der Waals surface area (Å²) in [5.41, 5.74) is 0.0643. The minimum atomic E-state index is 0. The fourth-order valence-corrected chi connectivity index (χ4v) is 2.72. The van der Waals surface area contributed by atoms with Crippen molar-refractivity contribution < 1.29 is 5.11 Å². The van der Waals surface area contributed by atoms with E-state index in [1.807, 2.05) is 6.20 Å². The van der Waals surface area contributed by atoms with Crippen molar-refractivity contribution >= 4 is 41.3 Å². The Bertz CT molecular complexity index is 460. The number of thiazole rings is 1. The van der Waals surface area contributed by atoms with Crippen LogP contribution < -0.4 is 10.6 Å². The molecule has 1 saturated carbocycles. The number of nitrogens with one attached hydrogen (secondary N) is 2. The Morgan fingerprint density at radius 3 is 2.76 bits per heavy atom. The third kappa shape index (κ3) is 6.07. The molecule has 0 amide bonds. The minimum Gasteiger partial charge on any atom is -0.396 e. The van der Waals surface area contributed by atoms with Crippen LogP contribution in [0.4, 0.5) is 0 Å². The molecule has 2 rings (SSSR count). The summed E-state index contributed by atoms with van der Waals surface area (Å²) < 4.78 is 0. The zero-order valence-corrected chi connectivity index (χ0v) is 15.8. The molecule has 0 aromatic carbocycles. The minimum absolute atomic E-state index is 0. The Kier molecular flexibility index (Phi) is 7.89. The summed E-state index contributed by atoms with van der Waals surface area (Å²) in [6.45, 7) is 6.74. The maximum atomic E-state index is 9.31. The van der Waals surface area contributed by atoms with Crippen molar-refractivity contribution in [1.29, 1.82) is 0 Å². The van der Waals surface area contributed by atoms with Gasteiger partial charge in [-0.05, 0) is 26.7 Å². The van der Waals surface area contributed by atoms with Gasteiger partial charge in [0, 0.05) is 36.0 Å². The van der Waals surface area contributed by atoms with Gasteiger partial charge >= 0.3 is 0 Å². The number of rotatable bonds is 7. The molecule has 1 aromatic rings. The maximum absolute atomic E-state index is 9.31. The van der Waals surface area contributed by atoms with Crippen LogP contribution in [-0.2, 0) is 6.42 Å². The number of aliphatic imine (C=N–C) groups is 1. The summed E-state index contributed by atoms with van der Waals surface area (Å²) in [5.74, 6) is 0.834. The van der Waals surface area contributed by atoms with Crippen molar-refractivity contribution in [3.8, 4) is 0 Å². The van der Waals surface area contributed by atoms with Gasteiger partial charge in [-0.25, -0.2) is 4.98 Å². The smallest absolute Gasteiger partial charge is 0.191 e. The highest BCUT2D eigenvalue weighted by Crippen LogP contribution is 2.45. The van der Waals surface area contributed by atoms with Gasteiger partial charge in [-0.1, -0.05) is 0 Å². The Hall–Kier alpha value is -0.410. The predicted octanol–water partition coefficient (Wildman–Crippen LogP) is 1.94. The zero-order chi connectivity index (χ0) is 14.4. The summed E-state index contributed by atoms with van der Waals surface area (Å²) in [4.78, 5) is 10.2. The first-order valence-corrected chi connectivity index (χ1v) is 8.03. The van der Waals surface area contributed by atoms with Gasteiger partial charge in [-0.3, -0.25) is 4.99 Å². The van der Waals surface area contributed by atoms with Crippen molar-refractivity contribution in [3.63, 3.8) is 0 Å². The zero-order valence-electron chi connectivity index (χ0n) is 12.7. The van der Waals surface area contributed by atoms with E-state index >= 15 is 0 Å². The Morgan fingerprint density at radius 1 is 1.48 bits per heavy atom. The molecule has 0 unspecified atom stereocenters. The molecule has 1 aliphatic rings. The molecular weight excluding hydrogens is 399 g/mol. The molecule has 1 aliphatic carbocycles. The van der Waals surface area contributed by atoms with Gasteiger partial charge in [-0.15, -0.1) is 35.3 Å². The first kappa shape index (κ1) is 18.6. The van der Waals surface area contributed by atoms with Crippen LogP contribution in [0.15, 0.2) is 11.2 Å². The largest absolute Gasteiger partial charge is 0.396 e. The number of hydrogen-bond donors (Lipinski definition) is 3. The molecular formula is C14H25IN4OS. The highest BCUT2D eigenvalue weighted by atomic mass is 127. The number of nitrogens with zero attached hydrogens (tertiary/aromatic N) is 2. The second kappa shape index (κ2) is 8.89. The van der Waals surface area contributed by atoms with Crippen LogP contribution in [0.1, 0.15) is 29.7 Å². The standard InChI is InChI=1S/C14H24N4OS.HI/c1-3-15-13(18-9-14(10-19)5-6-14)16-7-4-12-17-8-11(2)20-12;/h8,19H,3-7,9-10H2,1-2H3,(H2,15,16,18);1H. The van der Waals surface area contributed by atoms with E-state index in [1.54, 1.807) is 11.3 Å². The molecule has 0 spiro atoms. The summed E-state index contributed by atoms with van der Waals surface area (Å²) >= 11 is 1.74. The molecule has 0 radical (unpaired) electrons. The van der Waals surface area contributed by atoms with Gasteiger partial charge in [0.2, 0.25) is 0 Å². The quantitative estimate of drug-likeness (QED) is 0.356. The van der Waals surface area contributed by atoms with Crippen molar-refractivity contribution in [3.05, 3.63) is 16.1 Å². The van der Waals surface area contributed by atoms with Crippen molar-refractivity contribution in [2.75, 3.05) is 26.2 Å². The normalized spacial score (nSPS) is 16.2. The molecule has 0 atom stereocenters. The van der Waals surface area contributed by atoms with E-state index in [1.165, 1.54) is 4.88 Å². The predicted molar refractivity (Wildman–Crippen MR) is 98.7 cm³/mol. The van der Waals surface area contributed by atoms with Gasteiger partial charge in [-0.2, -0.15) is 0 Å². The second-order valence-corrected chi connectivity index (χ2v) is 6.71. The molecule has 1 fully saturated rings. The maximum Gasteiger partial charge on any atom is 0.191 e. The molecule has 0 aliphatic heterocycles. The number of aryl methyl sites for hydroxylation is 1. The van der Waals surface area contributed by atoms with Gasteiger partial charge < -0.3 is 15.7 Å². The van der Waals surface area contributed by atoms with Gasteiger partial charge in [0.25, 0.3) is 0 Å². The number of halogens is 1. The number of aromatic nitrogens is 1. The molecule has 5 nitrogen and oxygen atoms in total. The van der Waals surface area contributed by atoms with Crippen molar-refractivity contribution in [1.82, 2.24) is 15.6 Å². The first-order chi connectivity index (χ1) is 9.67. The van der Waals surface area contributed by atoms with Gasteiger partial charge in [0.1, 0.15) is 0 Å². The number of hydrogen-bond acceptors (Lipinski definition) is 4. The van der Waals surface area contributed by atoms with Crippen LogP contribution in [0.5, 0.6) is 0 Å². The van der Waals surface area contributed by atoms with Crippen LogP contribution in [-0.4, -0.2) is 42.3 Å². The molecule has 1 heterocycles. The Morgan fingerprint density at radius 2 is 2.24 bits per heavy atom. The highest BCUT2D eigenvalue weighted by Gasteiger charge is 2.41. The fraction of sp³-hybridized carbons (Fsp3) is 0.714. The van der Waals surface area contributed by atoms with E-state index in [2.05, 4.69) is 34.5 Å². The molecule has 1 aromatic heterocycles. The fourth-order valence-electron chi connectivity index (χ4n) is 1.94. The van der Waals surface area contributed by atoms with E-state index < -0.39 is 0 Å². The molecule has 120 valence electrons. The van der Waals surface area contributed by atoms with Crippen LogP contribution in [0.3, 0.4) is 0 Å². The molecule has 0 saturated heterocycles. The lowest BCUT2D eigenvalue weighted by atomic mass is 10.1. The van der Waals surface area contributed by atoms with E-state index in [-0.39, 0.29) is 36.0 Å². The average Bonchev–Trinajstić information content (AvgIpc) is 3.12. The summed E-state index contributed by atoms with van der Waals surface area (Å²) in [6.07, 6.45) is 5.00. The van der Waals surface area contributed by atoms with Crippen LogP contribution in [0.2, 0.25) is 0 Å². The van der Waals surface area contributed by atoms with Gasteiger partial charge in [0.15, 0.2) is 5.96 Å². The van der Waals surface area contributed by atoms with E-state index in [4.69, 9.17) is 0 Å². The van der Waals surface area contributed by atoms with Crippen molar-refractivity contribution in [2.24, 2.45) is 10.4 Å². The lowest BCUT2D eigenvalue weighted by Gasteiger charge is -2.13. The first-order valence-electron chi connectivity index (χ1n) is 7.22. The summed E-state index contributed by atoms with van der Waals surface area (Å²) in [5, 5.41) is 17.0. The Labute approximate surface area is 147 Å². The number of guanidine groups is 1.